The number of hydrogen-bond acceptors (Lipinski definition) is 3. The molecule has 1 aromatic heterocycles. The first kappa shape index (κ1) is 13.3. The summed E-state index contributed by atoms with van der Waals surface area (Å²) in [4.78, 5) is 19.0. The molecular weight excluding hydrogens is 274 g/mol. The topological polar surface area (TPSA) is 57.8 Å². The van der Waals surface area contributed by atoms with Gasteiger partial charge in [0.15, 0.2) is 0 Å². The molecule has 2 aromatic rings. The minimum atomic E-state index is -0.116. The van der Waals surface area contributed by atoms with Crippen LogP contribution in [0.4, 0.5) is 0 Å². The number of nitrogens with zero attached hydrogens (tertiary/aromatic N) is 1. The molecule has 5 heteroatoms. The Kier molecular flexibility index (Phi) is 3.85. The van der Waals surface area contributed by atoms with Crippen LogP contribution in [0.3, 0.4) is 0 Å². The molecule has 0 aliphatic heterocycles. The van der Waals surface area contributed by atoms with Crippen molar-refractivity contribution in [1.82, 2.24) is 15.3 Å². The van der Waals surface area contributed by atoms with Gasteiger partial charge in [-0.2, -0.15) is 0 Å². The van der Waals surface area contributed by atoms with Crippen LogP contribution in [0.5, 0.6) is 0 Å². The Balaban J connectivity index is 1.78. The molecule has 1 aliphatic carbocycles. The Labute approximate surface area is 122 Å². The minimum Gasteiger partial charge on any atom is -0.310 e. The molecule has 1 aliphatic rings. The highest BCUT2D eigenvalue weighted by atomic mass is 35.5. The average molecular weight is 290 g/mol. The van der Waals surface area contributed by atoms with E-state index < -0.39 is 0 Å². The van der Waals surface area contributed by atoms with E-state index in [9.17, 15) is 4.79 Å². The smallest absolute Gasteiger partial charge is 0.251 e. The summed E-state index contributed by atoms with van der Waals surface area (Å²) in [5.41, 5.74) is 1.63. The molecule has 0 saturated heterocycles. The van der Waals surface area contributed by atoms with Gasteiger partial charge in [-0.15, -0.1) is 0 Å². The van der Waals surface area contributed by atoms with Crippen LogP contribution in [-0.4, -0.2) is 16.0 Å². The van der Waals surface area contributed by atoms with Gasteiger partial charge in [0.05, 0.1) is 5.69 Å². The van der Waals surface area contributed by atoms with Crippen molar-refractivity contribution in [3.8, 4) is 0 Å². The zero-order valence-electron chi connectivity index (χ0n) is 11.0. The average Bonchev–Trinajstić information content (AvgIpc) is 3.23. The highest BCUT2D eigenvalue weighted by Gasteiger charge is 2.20. The summed E-state index contributed by atoms with van der Waals surface area (Å²) in [6, 6.07) is 9.75. The van der Waals surface area contributed by atoms with Crippen LogP contribution in [0, 0.1) is 0 Å². The standard InChI is InChI=1S/C15H16ClN3O/c16-13-4-2-1-3-10(13)7-14-18-12(8-15(20)19-14)9-17-11-5-6-11/h1-4,8,11,17H,5-7,9H2,(H,18,19,20). The molecule has 1 saturated carbocycles. The van der Waals surface area contributed by atoms with Gasteiger partial charge in [-0.1, -0.05) is 29.8 Å². The quantitative estimate of drug-likeness (QED) is 0.888. The molecule has 0 bridgehead atoms. The Morgan fingerprint density at radius 2 is 2.15 bits per heavy atom. The summed E-state index contributed by atoms with van der Waals surface area (Å²) in [5, 5.41) is 4.05. The van der Waals surface area contributed by atoms with E-state index in [1.54, 1.807) is 6.07 Å². The van der Waals surface area contributed by atoms with Crippen molar-refractivity contribution in [3.05, 3.63) is 62.8 Å². The molecule has 1 heterocycles. The van der Waals surface area contributed by atoms with Crippen LogP contribution in [0.1, 0.15) is 29.9 Å². The molecule has 20 heavy (non-hydrogen) atoms. The van der Waals surface area contributed by atoms with E-state index in [-0.39, 0.29) is 5.56 Å². The van der Waals surface area contributed by atoms with Crippen LogP contribution >= 0.6 is 11.6 Å². The summed E-state index contributed by atoms with van der Waals surface area (Å²) in [6.45, 7) is 0.643. The van der Waals surface area contributed by atoms with E-state index in [0.29, 0.717) is 29.9 Å². The summed E-state index contributed by atoms with van der Waals surface area (Å²) in [5.74, 6) is 0.651. The molecule has 0 amide bonds. The van der Waals surface area contributed by atoms with Gasteiger partial charge < -0.3 is 10.3 Å². The van der Waals surface area contributed by atoms with E-state index in [0.717, 1.165) is 11.3 Å². The first-order valence-corrected chi connectivity index (χ1v) is 7.14. The molecular formula is C15H16ClN3O. The Morgan fingerprint density at radius 1 is 1.35 bits per heavy atom. The van der Waals surface area contributed by atoms with E-state index in [2.05, 4.69) is 15.3 Å². The predicted molar refractivity (Wildman–Crippen MR) is 79.0 cm³/mol. The zero-order valence-corrected chi connectivity index (χ0v) is 11.8. The number of aromatic nitrogens is 2. The van der Waals surface area contributed by atoms with Crippen LogP contribution in [0.2, 0.25) is 5.02 Å². The second-order valence-electron chi connectivity index (χ2n) is 5.11. The fraction of sp³-hybridized carbons (Fsp3) is 0.333. The van der Waals surface area contributed by atoms with Crippen molar-refractivity contribution in [2.45, 2.75) is 31.8 Å². The molecule has 1 aromatic carbocycles. The normalized spacial score (nSPS) is 14.4. The summed E-state index contributed by atoms with van der Waals surface area (Å²) < 4.78 is 0. The van der Waals surface area contributed by atoms with Gasteiger partial charge in [0.2, 0.25) is 0 Å². The molecule has 0 unspecified atom stereocenters. The lowest BCUT2D eigenvalue weighted by molar-refractivity contribution is 0.667. The third kappa shape index (κ3) is 3.46. The Hall–Kier alpha value is -1.65. The van der Waals surface area contributed by atoms with Crippen molar-refractivity contribution in [3.63, 3.8) is 0 Å². The lowest BCUT2D eigenvalue weighted by atomic mass is 10.1. The van der Waals surface area contributed by atoms with E-state index in [1.807, 2.05) is 24.3 Å². The number of halogens is 1. The molecule has 2 N–H and O–H groups in total. The molecule has 4 nitrogen and oxygen atoms in total. The number of nitrogens with one attached hydrogen (secondary N) is 2. The number of H-pyrrole nitrogens is 1. The maximum atomic E-state index is 11.7. The second-order valence-corrected chi connectivity index (χ2v) is 5.51. The maximum absolute atomic E-state index is 11.7. The van der Waals surface area contributed by atoms with Crippen molar-refractivity contribution >= 4 is 11.6 Å². The van der Waals surface area contributed by atoms with Gasteiger partial charge in [-0.05, 0) is 24.5 Å². The zero-order chi connectivity index (χ0) is 13.9. The maximum Gasteiger partial charge on any atom is 0.251 e. The van der Waals surface area contributed by atoms with Gasteiger partial charge in [0, 0.05) is 30.1 Å². The van der Waals surface area contributed by atoms with Crippen molar-refractivity contribution in [2.75, 3.05) is 0 Å². The number of benzene rings is 1. The number of aromatic amines is 1. The van der Waals surface area contributed by atoms with Crippen molar-refractivity contribution in [2.24, 2.45) is 0 Å². The van der Waals surface area contributed by atoms with Crippen LogP contribution in [0.15, 0.2) is 35.1 Å². The highest BCUT2D eigenvalue weighted by molar-refractivity contribution is 6.31. The van der Waals surface area contributed by atoms with Crippen LogP contribution in [0.25, 0.3) is 0 Å². The second kappa shape index (κ2) is 5.77. The monoisotopic (exact) mass is 289 g/mol. The first-order chi connectivity index (χ1) is 9.70. The SMILES string of the molecule is O=c1cc(CNC2CC2)nc(Cc2ccccc2Cl)[nH]1. The third-order valence-corrected chi connectivity index (χ3v) is 3.68. The summed E-state index contributed by atoms with van der Waals surface area (Å²) in [7, 11) is 0. The van der Waals surface area contributed by atoms with Crippen LogP contribution in [-0.2, 0) is 13.0 Å². The van der Waals surface area contributed by atoms with Crippen molar-refractivity contribution in [1.29, 1.82) is 0 Å². The predicted octanol–water partition coefficient (Wildman–Crippen LogP) is 2.27. The molecule has 0 spiro atoms. The number of rotatable bonds is 5. The largest absolute Gasteiger partial charge is 0.310 e. The third-order valence-electron chi connectivity index (χ3n) is 3.31. The molecule has 0 radical (unpaired) electrons. The lowest BCUT2D eigenvalue weighted by Crippen LogP contribution is -2.20. The van der Waals surface area contributed by atoms with E-state index >= 15 is 0 Å². The minimum absolute atomic E-state index is 0.116. The Morgan fingerprint density at radius 3 is 2.90 bits per heavy atom. The fourth-order valence-corrected chi connectivity index (χ4v) is 2.30. The van der Waals surface area contributed by atoms with Gasteiger partial charge in [-0.3, -0.25) is 4.79 Å². The van der Waals surface area contributed by atoms with E-state index in [4.69, 9.17) is 11.6 Å². The summed E-state index contributed by atoms with van der Waals surface area (Å²) >= 11 is 6.13. The van der Waals surface area contributed by atoms with Crippen LogP contribution < -0.4 is 10.9 Å². The van der Waals surface area contributed by atoms with Gasteiger partial charge in [0.25, 0.3) is 5.56 Å². The lowest BCUT2D eigenvalue weighted by Gasteiger charge is -2.06. The molecule has 0 atom stereocenters. The van der Waals surface area contributed by atoms with Gasteiger partial charge in [-0.25, -0.2) is 4.98 Å². The summed E-state index contributed by atoms with van der Waals surface area (Å²) in [6.07, 6.45) is 2.97. The van der Waals surface area contributed by atoms with Gasteiger partial charge in [0.1, 0.15) is 5.82 Å². The Bertz CT molecular complexity index is 664. The fourth-order valence-electron chi connectivity index (χ4n) is 2.10. The van der Waals surface area contributed by atoms with E-state index in [1.165, 1.54) is 12.8 Å². The number of hydrogen-bond donors (Lipinski definition) is 2. The molecule has 1 fully saturated rings. The first-order valence-electron chi connectivity index (χ1n) is 6.76. The molecule has 3 rings (SSSR count). The van der Waals surface area contributed by atoms with Crippen molar-refractivity contribution < 1.29 is 0 Å². The molecule has 104 valence electrons. The highest BCUT2D eigenvalue weighted by Crippen LogP contribution is 2.19. The van der Waals surface area contributed by atoms with Gasteiger partial charge >= 0.3 is 0 Å².